The van der Waals surface area contributed by atoms with Gasteiger partial charge in [-0.2, -0.15) is 0 Å². The van der Waals surface area contributed by atoms with Gasteiger partial charge in [-0.25, -0.2) is 8.42 Å². The van der Waals surface area contributed by atoms with Crippen molar-refractivity contribution in [2.45, 2.75) is 57.1 Å². The molecule has 4 rings (SSSR count). The number of hydrogen-bond donors (Lipinski definition) is 1. The van der Waals surface area contributed by atoms with E-state index in [0.29, 0.717) is 17.1 Å². The third-order valence-corrected chi connectivity index (χ3v) is 10.1. The molecule has 0 saturated heterocycles. The number of carbonyl (C=O) groups is 2. The lowest BCUT2D eigenvalue weighted by Crippen LogP contribution is -2.54. The van der Waals surface area contributed by atoms with Crippen molar-refractivity contribution in [2.24, 2.45) is 0 Å². The molecule has 4 aromatic rings. The molecule has 0 aromatic heterocycles. The van der Waals surface area contributed by atoms with Crippen LogP contribution in [0.15, 0.2) is 112 Å². The zero-order valence-corrected chi connectivity index (χ0v) is 28.6. The first-order chi connectivity index (χ1) is 21.5. The van der Waals surface area contributed by atoms with Gasteiger partial charge in [0.15, 0.2) is 0 Å². The van der Waals surface area contributed by atoms with Gasteiger partial charge >= 0.3 is 0 Å². The summed E-state index contributed by atoms with van der Waals surface area (Å²) in [6.07, 6.45) is 0.963. The van der Waals surface area contributed by atoms with E-state index in [0.717, 1.165) is 25.5 Å². The van der Waals surface area contributed by atoms with Crippen molar-refractivity contribution in [2.75, 3.05) is 10.8 Å². The highest BCUT2D eigenvalue weighted by molar-refractivity contribution is 9.10. The Balaban J connectivity index is 1.80. The number of aryl methyl sites for hydroxylation is 1. The normalized spacial score (nSPS) is 12.6. The molecule has 7 nitrogen and oxygen atoms in total. The molecule has 0 spiro atoms. The molecule has 2 amide bonds. The van der Waals surface area contributed by atoms with Crippen LogP contribution in [0, 0.1) is 6.92 Å². The third kappa shape index (κ3) is 9.19. The quantitative estimate of drug-likeness (QED) is 0.160. The van der Waals surface area contributed by atoms with Crippen molar-refractivity contribution in [1.29, 1.82) is 0 Å². The van der Waals surface area contributed by atoms with Gasteiger partial charge in [0.25, 0.3) is 10.0 Å². The second-order valence-electron chi connectivity index (χ2n) is 11.0. The average Bonchev–Trinajstić information content (AvgIpc) is 3.02. The number of amides is 2. The summed E-state index contributed by atoms with van der Waals surface area (Å²) >= 11 is 9.52. The van der Waals surface area contributed by atoms with Crippen molar-refractivity contribution in [1.82, 2.24) is 10.2 Å². The third-order valence-electron chi connectivity index (χ3n) is 7.51. The van der Waals surface area contributed by atoms with Gasteiger partial charge in [-0.3, -0.25) is 13.9 Å². The standard InChI is InChI=1S/C35H37BrClN3O4S/c1-4-26(3)38-35(42)33(22-27-10-6-5-7-11-27)39(23-28-13-15-29(36)16-14-28)34(41)24-40(31-12-8-9-25(2)21-31)45(43,44)32-19-17-30(37)18-20-32/h5-21,26,33H,4,22-24H2,1-3H3,(H,38,42)/t26-,33+/m1/s1. The van der Waals surface area contributed by atoms with Crippen LogP contribution in [0.3, 0.4) is 0 Å². The largest absolute Gasteiger partial charge is 0.352 e. The molecular formula is C35H37BrClN3O4S. The van der Waals surface area contributed by atoms with Crippen LogP contribution >= 0.6 is 27.5 Å². The molecule has 0 aliphatic heterocycles. The predicted molar refractivity (Wildman–Crippen MR) is 184 cm³/mol. The Kier molecular flexibility index (Phi) is 11.8. The van der Waals surface area contributed by atoms with Crippen molar-refractivity contribution in [3.8, 4) is 0 Å². The first-order valence-electron chi connectivity index (χ1n) is 14.7. The summed E-state index contributed by atoms with van der Waals surface area (Å²) in [6.45, 7) is 5.32. The van der Waals surface area contributed by atoms with Crippen LogP contribution in [0.5, 0.6) is 0 Å². The van der Waals surface area contributed by atoms with E-state index in [1.54, 1.807) is 18.2 Å². The highest BCUT2D eigenvalue weighted by Gasteiger charge is 2.35. The van der Waals surface area contributed by atoms with Crippen LogP contribution in [0.25, 0.3) is 0 Å². The van der Waals surface area contributed by atoms with Crippen molar-refractivity contribution in [3.63, 3.8) is 0 Å². The molecule has 0 saturated carbocycles. The van der Waals surface area contributed by atoms with E-state index >= 15 is 0 Å². The summed E-state index contributed by atoms with van der Waals surface area (Å²) in [5, 5.41) is 3.44. The summed E-state index contributed by atoms with van der Waals surface area (Å²) in [5.74, 6) is -0.821. The summed E-state index contributed by atoms with van der Waals surface area (Å²) in [4.78, 5) is 29.9. The van der Waals surface area contributed by atoms with Gasteiger partial charge in [0.2, 0.25) is 11.8 Å². The number of anilines is 1. The van der Waals surface area contributed by atoms with E-state index in [4.69, 9.17) is 11.6 Å². The zero-order valence-electron chi connectivity index (χ0n) is 25.5. The Hall–Kier alpha value is -3.66. The molecule has 0 heterocycles. The van der Waals surface area contributed by atoms with Gasteiger partial charge in [0.1, 0.15) is 12.6 Å². The minimum Gasteiger partial charge on any atom is -0.352 e. The van der Waals surface area contributed by atoms with Gasteiger partial charge in [-0.05, 0) is 85.5 Å². The van der Waals surface area contributed by atoms with E-state index in [1.807, 2.05) is 81.4 Å². The van der Waals surface area contributed by atoms with Crippen LogP contribution in [0.2, 0.25) is 5.02 Å². The maximum absolute atomic E-state index is 14.5. The lowest BCUT2D eigenvalue weighted by atomic mass is 10.0. The second kappa shape index (κ2) is 15.6. The van der Waals surface area contributed by atoms with E-state index in [9.17, 15) is 18.0 Å². The summed E-state index contributed by atoms with van der Waals surface area (Å²) in [7, 11) is -4.20. The SMILES string of the molecule is CC[C@@H](C)NC(=O)[C@H](Cc1ccccc1)N(Cc1ccc(Br)cc1)C(=O)CN(c1cccc(C)c1)S(=O)(=O)c1ccc(Cl)cc1. The summed E-state index contributed by atoms with van der Waals surface area (Å²) in [5.41, 5.74) is 2.84. The van der Waals surface area contributed by atoms with E-state index in [1.165, 1.54) is 29.2 Å². The first kappa shape index (κ1) is 34.2. The monoisotopic (exact) mass is 709 g/mol. The molecule has 10 heteroatoms. The Morgan fingerprint density at radius 2 is 1.56 bits per heavy atom. The van der Waals surface area contributed by atoms with Crippen LogP contribution < -0.4 is 9.62 Å². The lowest BCUT2D eigenvalue weighted by molar-refractivity contribution is -0.140. The molecule has 1 N–H and O–H groups in total. The molecule has 0 radical (unpaired) electrons. The van der Waals surface area contributed by atoms with E-state index in [2.05, 4.69) is 21.2 Å². The van der Waals surface area contributed by atoms with Gasteiger partial charge in [0, 0.05) is 28.5 Å². The Morgan fingerprint density at radius 3 is 2.18 bits per heavy atom. The number of sulfonamides is 1. The molecule has 0 fully saturated rings. The number of rotatable bonds is 13. The Labute approximate surface area is 279 Å². The summed E-state index contributed by atoms with van der Waals surface area (Å²) < 4.78 is 30.2. The molecule has 2 atom stereocenters. The fourth-order valence-corrected chi connectivity index (χ4v) is 6.62. The number of carbonyl (C=O) groups excluding carboxylic acids is 2. The molecule has 0 aliphatic carbocycles. The number of hydrogen-bond acceptors (Lipinski definition) is 4. The van der Waals surface area contributed by atoms with Crippen molar-refractivity contribution >= 4 is 55.1 Å². The minimum atomic E-state index is -4.20. The molecule has 45 heavy (non-hydrogen) atoms. The zero-order chi connectivity index (χ0) is 32.6. The minimum absolute atomic E-state index is 0.00369. The molecule has 0 bridgehead atoms. The molecular weight excluding hydrogens is 674 g/mol. The van der Waals surface area contributed by atoms with Gasteiger partial charge in [-0.1, -0.05) is 89.1 Å². The highest BCUT2D eigenvalue weighted by atomic mass is 79.9. The summed E-state index contributed by atoms with van der Waals surface area (Å²) in [6, 6.07) is 28.8. The highest BCUT2D eigenvalue weighted by Crippen LogP contribution is 2.27. The number of halogens is 2. The second-order valence-corrected chi connectivity index (χ2v) is 14.2. The Morgan fingerprint density at radius 1 is 0.889 bits per heavy atom. The maximum Gasteiger partial charge on any atom is 0.264 e. The fourth-order valence-electron chi connectivity index (χ4n) is 4.83. The number of benzene rings is 4. The van der Waals surface area contributed by atoms with Crippen LogP contribution in [-0.4, -0.2) is 43.8 Å². The average molecular weight is 711 g/mol. The predicted octanol–water partition coefficient (Wildman–Crippen LogP) is 7.16. The number of nitrogens with one attached hydrogen (secondary N) is 1. The van der Waals surface area contributed by atoms with Crippen LogP contribution in [0.4, 0.5) is 5.69 Å². The first-order valence-corrected chi connectivity index (χ1v) is 17.3. The molecule has 236 valence electrons. The smallest absolute Gasteiger partial charge is 0.264 e. The van der Waals surface area contributed by atoms with Gasteiger partial charge in [-0.15, -0.1) is 0 Å². The number of nitrogens with zero attached hydrogens (tertiary/aromatic N) is 2. The van der Waals surface area contributed by atoms with Gasteiger partial charge in [0.05, 0.1) is 10.6 Å². The molecule has 4 aromatic carbocycles. The maximum atomic E-state index is 14.5. The van der Waals surface area contributed by atoms with Crippen LogP contribution in [0.1, 0.15) is 37.0 Å². The van der Waals surface area contributed by atoms with Gasteiger partial charge < -0.3 is 10.2 Å². The van der Waals surface area contributed by atoms with Crippen molar-refractivity contribution in [3.05, 3.63) is 129 Å². The van der Waals surface area contributed by atoms with Crippen LogP contribution in [-0.2, 0) is 32.6 Å². The van der Waals surface area contributed by atoms with E-state index in [-0.39, 0.29) is 29.8 Å². The fraction of sp³-hybridized carbons (Fsp3) is 0.257. The molecule has 0 unspecified atom stereocenters. The van der Waals surface area contributed by atoms with E-state index < -0.39 is 28.5 Å². The molecule has 0 aliphatic rings. The Bertz CT molecular complexity index is 1700. The van der Waals surface area contributed by atoms with Crippen molar-refractivity contribution < 1.29 is 18.0 Å². The topological polar surface area (TPSA) is 86.8 Å². The lowest BCUT2D eigenvalue weighted by Gasteiger charge is -2.34.